The maximum atomic E-state index is 12.8. The van der Waals surface area contributed by atoms with Gasteiger partial charge in [0.2, 0.25) is 0 Å². The Morgan fingerprint density at radius 3 is 2.82 bits per heavy atom. The van der Waals surface area contributed by atoms with Crippen molar-refractivity contribution in [3.05, 3.63) is 35.6 Å². The highest BCUT2D eigenvalue weighted by molar-refractivity contribution is 5.80. The number of esters is 1. The van der Waals surface area contributed by atoms with Gasteiger partial charge in [-0.1, -0.05) is 12.1 Å². The third kappa shape index (κ3) is 2.43. The number of carbonyl (C=O) groups excluding carboxylic acids is 1. The van der Waals surface area contributed by atoms with E-state index >= 15 is 0 Å². The van der Waals surface area contributed by atoms with E-state index in [-0.39, 0.29) is 5.82 Å². The van der Waals surface area contributed by atoms with Crippen LogP contribution >= 0.6 is 0 Å². The number of ether oxygens (including phenoxy) is 2. The summed E-state index contributed by atoms with van der Waals surface area (Å²) in [5.74, 6) is -0.768. The monoisotopic (exact) mass is 237 g/mol. The first-order valence-electron chi connectivity index (χ1n) is 5.31. The molecule has 0 N–H and O–H groups in total. The van der Waals surface area contributed by atoms with E-state index in [1.165, 1.54) is 18.5 Å². The summed E-state index contributed by atoms with van der Waals surface area (Å²) in [5, 5.41) is 0. The Kier molecular flexibility index (Phi) is 3.37. The van der Waals surface area contributed by atoms with Gasteiger partial charge in [-0.15, -0.1) is 0 Å². The number of nitrogens with zero attached hydrogens (tertiary/aromatic N) is 1. The molecule has 1 heterocycles. The van der Waals surface area contributed by atoms with Crippen molar-refractivity contribution in [2.24, 2.45) is 4.99 Å². The van der Waals surface area contributed by atoms with Gasteiger partial charge in [-0.25, -0.2) is 14.2 Å². The zero-order valence-electron chi connectivity index (χ0n) is 9.30. The van der Waals surface area contributed by atoms with Crippen LogP contribution in [0.3, 0.4) is 0 Å². The fourth-order valence-electron chi connectivity index (χ4n) is 1.64. The lowest BCUT2D eigenvalue weighted by molar-refractivity contribution is -0.146. The SMILES string of the molecule is CCOC(=O)[C@@H]1N=COC1c1ccc(F)cc1. The van der Waals surface area contributed by atoms with Gasteiger partial charge >= 0.3 is 5.97 Å². The molecule has 1 aromatic carbocycles. The Morgan fingerprint density at radius 1 is 1.47 bits per heavy atom. The summed E-state index contributed by atoms with van der Waals surface area (Å²) >= 11 is 0. The third-order valence-electron chi connectivity index (χ3n) is 2.44. The fraction of sp³-hybridized carbons (Fsp3) is 0.333. The van der Waals surface area contributed by atoms with Gasteiger partial charge in [-0.05, 0) is 24.6 Å². The van der Waals surface area contributed by atoms with Gasteiger partial charge in [0.25, 0.3) is 0 Å². The average molecular weight is 237 g/mol. The van der Waals surface area contributed by atoms with Gasteiger partial charge in [0.05, 0.1) is 6.61 Å². The van der Waals surface area contributed by atoms with Crippen LogP contribution in [-0.2, 0) is 14.3 Å². The quantitative estimate of drug-likeness (QED) is 0.754. The molecule has 0 bridgehead atoms. The summed E-state index contributed by atoms with van der Waals surface area (Å²) in [6.45, 7) is 2.02. The minimum Gasteiger partial charge on any atom is -0.473 e. The van der Waals surface area contributed by atoms with Crippen molar-refractivity contribution in [3.8, 4) is 0 Å². The summed E-state index contributed by atoms with van der Waals surface area (Å²) < 4.78 is 22.9. The molecule has 90 valence electrons. The van der Waals surface area contributed by atoms with E-state index < -0.39 is 18.1 Å². The molecule has 2 rings (SSSR count). The molecule has 0 spiro atoms. The highest BCUT2D eigenvalue weighted by Gasteiger charge is 2.35. The molecule has 0 amide bonds. The first kappa shape index (κ1) is 11.6. The summed E-state index contributed by atoms with van der Waals surface area (Å²) in [4.78, 5) is 15.5. The van der Waals surface area contributed by atoms with Crippen molar-refractivity contribution in [3.63, 3.8) is 0 Å². The van der Waals surface area contributed by atoms with Crippen LogP contribution in [0.4, 0.5) is 4.39 Å². The molecule has 17 heavy (non-hydrogen) atoms. The minimum absolute atomic E-state index is 0.293. The molecule has 1 aromatic rings. The summed E-state index contributed by atoms with van der Waals surface area (Å²) in [7, 11) is 0. The van der Waals surface area contributed by atoms with Crippen molar-refractivity contribution < 1.29 is 18.7 Å². The average Bonchev–Trinajstić information content (AvgIpc) is 2.79. The van der Waals surface area contributed by atoms with Gasteiger partial charge in [0, 0.05) is 0 Å². The van der Waals surface area contributed by atoms with Crippen LogP contribution in [0.15, 0.2) is 29.3 Å². The molecule has 0 aliphatic carbocycles. The van der Waals surface area contributed by atoms with Crippen LogP contribution in [0.5, 0.6) is 0 Å². The second-order valence-corrected chi connectivity index (χ2v) is 3.56. The predicted octanol–water partition coefficient (Wildman–Crippen LogP) is 1.86. The lowest BCUT2D eigenvalue weighted by Crippen LogP contribution is -2.26. The van der Waals surface area contributed by atoms with Crippen molar-refractivity contribution in [2.45, 2.75) is 19.1 Å². The fourth-order valence-corrected chi connectivity index (χ4v) is 1.64. The Hall–Kier alpha value is -1.91. The maximum Gasteiger partial charge on any atom is 0.335 e. The zero-order chi connectivity index (χ0) is 12.3. The van der Waals surface area contributed by atoms with Crippen molar-refractivity contribution in [1.82, 2.24) is 0 Å². The molecule has 0 fully saturated rings. The number of benzene rings is 1. The van der Waals surface area contributed by atoms with E-state index in [4.69, 9.17) is 9.47 Å². The van der Waals surface area contributed by atoms with Crippen LogP contribution in [-0.4, -0.2) is 25.0 Å². The van der Waals surface area contributed by atoms with Crippen LogP contribution in [0.1, 0.15) is 18.6 Å². The highest BCUT2D eigenvalue weighted by Crippen LogP contribution is 2.27. The summed E-state index contributed by atoms with van der Waals surface area (Å²) in [5.41, 5.74) is 0.696. The molecule has 1 unspecified atom stereocenters. The number of halogens is 1. The van der Waals surface area contributed by atoms with E-state index in [9.17, 15) is 9.18 Å². The van der Waals surface area contributed by atoms with Crippen LogP contribution in [0, 0.1) is 5.82 Å². The molecule has 0 saturated heterocycles. The smallest absolute Gasteiger partial charge is 0.335 e. The number of carbonyl (C=O) groups is 1. The van der Waals surface area contributed by atoms with Gasteiger partial charge in [-0.2, -0.15) is 0 Å². The van der Waals surface area contributed by atoms with Crippen LogP contribution < -0.4 is 0 Å². The van der Waals surface area contributed by atoms with Crippen LogP contribution in [0.25, 0.3) is 0 Å². The molecule has 0 aromatic heterocycles. The van der Waals surface area contributed by atoms with E-state index in [1.807, 2.05) is 0 Å². The molecule has 2 atom stereocenters. The summed E-state index contributed by atoms with van der Waals surface area (Å²) in [6.07, 6.45) is 0.699. The molecular weight excluding hydrogens is 225 g/mol. The van der Waals surface area contributed by atoms with Crippen molar-refractivity contribution in [1.29, 1.82) is 0 Å². The molecule has 5 heteroatoms. The lowest BCUT2D eigenvalue weighted by Gasteiger charge is -2.16. The maximum absolute atomic E-state index is 12.8. The molecule has 4 nitrogen and oxygen atoms in total. The van der Waals surface area contributed by atoms with Gasteiger partial charge < -0.3 is 9.47 Å². The first-order valence-corrected chi connectivity index (χ1v) is 5.31. The predicted molar refractivity (Wildman–Crippen MR) is 59.1 cm³/mol. The molecule has 1 aliphatic heterocycles. The molecular formula is C12H12FNO3. The minimum atomic E-state index is -0.708. The van der Waals surface area contributed by atoms with Crippen molar-refractivity contribution >= 4 is 12.4 Å². The molecule has 0 radical (unpaired) electrons. The number of aliphatic imine (C=N–C) groups is 1. The number of hydrogen-bond acceptors (Lipinski definition) is 4. The van der Waals surface area contributed by atoms with E-state index in [0.717, 1.165) is 0 Å². The zero-order valence-corrected chi connectivity index (χ0v) is 9.30. The Morgan fingerprint density at radius 2 is 2.18 bits per heavy atom. The van der Waals surface area contributed by atoms with E-state index in [2.05, 4.69) is 4.99 Å². The van der Waals surface area contributed by atoms with Crippen LogP contribution in [0.2, 0.25) is 0 Å². The standard InChI is InChI=1S/C12H12FNO3/c1-2-16-12(15)10-11(17-7-14-10)8-3-5-9(13)6-4-8/h3-7,10-11H,2H2,1H3/t10-,11?/m1/s1. The Bertz CT molecular complexity index is 430. The second kappa shape index (κ2) is 4.95. The highest BCUT2D eigenvalue weighted by atomic mass is 19.1. The molecule has 0 saturated carbocycles. The second-order valence-electron chi connectivity index (χ2n) is 3.56. The normalized spacial score (nSPS) is 22.2. The Balaban J connectivity index is 2.15. The van der Waals surface area contributed by atoms with Gasteiger partial charge in [0.1, 0.15) is 5.82 Å². The number of rotatable bonds is 3. The van der Waals surface area contributed by atoms with Gasteiger partial charge in [-0.3, -0.25) is 0 Å². The third-order valence-corrected chi connectivity index (χ3v) is 2.44. The van der Waals surface area contributed by atoms with Gasteiger partial charge in [0.15, 0.2) is 18.5 Å². The van der Waals surface area contributed by atoms with Crippen molar-refractivity contribution in [2.75, 3.05) is 6.61 Å². The topological polar surface area (TPSA) is 47.9 Å². The lowest BCUT2D eigenvalue weighted by atomic mass is 10.0. The Labute approximate surface area is 98.1 Å². The number of hydrogen-bond donors (Lipinski definition) is 0. The first-order chi connectivity index (χ1) is 8.22. The molecule has 1 aliphatic rings. The summed E-state index contributed by atoms with van der Waals surface area (Å²) in [6, 6.07) is 5.07. The van der Waals surface area contributed by atoms with E-state index in [0.29, 0.717) is 12.2 Å². The van der Waals surface area contributed by atoms with E-state index in [1.54, 1.807) is 19.1 Å². The largest absolute Gasteiger partial charge is 0.473 e.